The van der Waals surface area contributed by atoms with Crippen molar-refractivity contribution in [1.29, 1.82) is 0 Å². The average Bonchev–Trinajstić information content (AvgIpc) is 2.82. The van der Waals surface area contributed by atoms with E-state index in [-0.39, 0.29) is 16.7 Å². The summed E-state index contributed by atoms with van der Waals surface area (Å²) in [4.78, 5) is 34.9. The van der Waals surface area contributed by atoms with Gasteiger partial charge in [-0.3, -0.25) is 14.2 Å². The van der Waals surface area contributed by atoms with Gasteiger partial charge in [0, 0.05) is 38.4 Å². The Balaban J connectivity index is 1.48. The van der Waals surface area contributed by atoms with E-state index in [0.717, 1.165) is 13.1 Å². The van der Waals surface area contributed by atoms with Gasteiger partial charge in [0.2, 0.25) is 5.91 Å². The Morgan fingerprint density at radius 2 is 1.77 bits per heavy atom. The Bertz CT molecular complexity index is 1140. The second kappa shape index (κ2) is 9.39. The molecule has 0 saturated carbocycles. The quantitative estimate of drug-likeness (QED) is 0.338. The molecular weight excluding hydrogens is 408 g/mol. The molecule has 0 spiro atoms. The summed E-state index contributed by atoms with van der Waals surface area (Å²) in [7, 11) is 0. The molecule has 1 fully saturated rings. The van der Waals surface area contributed by atoms with Gasteiger partial charge in [-0.1, -0.05) is 48.2 Å². The highest BCUT2D eigenvalue weighted by atomic mass is 32.2. The van der Waals surface area contributed by atoms with Crippen LogP contribution in [0.1, 0.15) is 6.92 Å². The van der Waals surface area contributed by atoms with E-state index in [0.29, 0.717) is 35.7 Å². The van der Waals surface area contributed by atoms with Crippen LogP contribution in [0.4, 0.5) is 5.69 Å². The molecule has 31 heavy (non-hydrogen) atoms. The Morgan fingerprint density at radius 1 is 1.10 bits per heavy atom. The van der Waals surface area contributed by atoms with Crippen LogP contribution in [0.2, 0.25) is 0 Å². The second-order valence-electron chi connectivity index (χ2n) is 7.52. The predicted molar refractivity (Wildman–Crippen MR) is 127 cm³/mol. The molecule has 1 unspecified atom stereocenters. The molecule has 0 bridgehead atoms. The number of benzene rings is 2. The van der Waals surface area contributed by atoms with Crippen LogP contribution in [-0.2, 0) is 11.3 Å². The predicted octanol–water partition coefficient (Wildman–Crippen LogP) is 3.41. The molecule has 160 valence electrons. The fourth-order valence-electron chi connectivity index (χ4n) is 3.82. The van der Waals surface area contributed by atoms with Gasteiger partial charge in [-0.15, -0.1) is 6.58 Å². The van der Waals surface area contributed by atoms with Gasteiger partial charge < -0.3 is 9.80 Å². The van der Waals surface area contributed by atoms with E-state index >= 15 is 0 Å². The molecular formula is C24H26N4O2S. The number of aromatic nitrogens is 2. The zero-order valence-corrected chi connectivity index (χ0v) is 18.4. The number of amides is 1. The average molecular weight is 435 g/mol. The highest BCUT2D eigenvalue weighted by Gasteiger charge is 2.27. The minimum absolute atomic E-state index is 0.0743. The van der Waals surface area contributed by atoms with Gasteiger partial charge in [-0.25, -0.2) is 4.98 Å². The molecule has 0 N–H and O–H groups in total. The van der Waals surface area contributed by atoms with Crippen molar-refractivity contribution in [3.05, 3.63) is 77.6 Å². The fraction of sp³-hybridized carbons (Fsp3) is 0.292. The van der Waals surface area contributed by atoms with Crippen LogP contribution in [0, 0.1) is 0 Å². The van der Waals surface area contributed by atoms with Crippen molar-refractivity contribution >= 4 is 34.3 Å². The number of piperazine rings is 1. The van der Waals surface area contributed by atoms with Crippen molar-refractivity contribution in [1.82, 2.24) is 14.5 Å². The van der Waals surface area contributed by atoms with Gasteiger partial charge in [0.1, 0.15) is 0 Å². The number of allylic oxidation sites excluding steroid dienone is 1. The Kier molecular flexibility index (Phi) is 6.42. The highest BCUT2D eigenvalue weighted by molar-refractivity contribution is 8.00. The van der Waals surface area contributed by atoms with Gasteiger partial charge in [0.25, 0.3) is 5.56 Å². The van der Waals surface area contributed by atoms with E-state index < -0.39 is 0 Å². The van der Waals surface area contributed by atoms with Crippen molar-refractivity contribution < 1.29 is 4.79 Å². The molecule has 1 aliphatic rings. The Hall–Kier alpha value is -3.06. The molecule has 2 heterocycles. The first kappa shape index (κ1) is 21.2. The maximum Gasteiger partial charge on any atom is 0.262 e. The third-order valence-corrected chi connectivity index (χ3v) is 6.56. The molecule has 1 atom stereocenters. The van der Waals surface area contributed by atoms with Crippen LogP contribution in [-0.4, -0.2) is 51.8 Å². The van der Waals surface area contributed by atoms with Gasteiger partial charge in [0.05, 0.1) is 16.2 Å². The normalized spacial score (nSPS) is 15.1. The summed E-state index contributed by atoms with van der Waals surface area (Å²) < 4.78 is 1.59. The zero-order valence-electron chi connectivity index (χ0n) is 17.6. The smallest absolute Gasteiger partial charge is 0.262 e. The second-order valence-corrected chi connectivity index (χ2v) is 8.83. The van der Waals surface area contributed by atoms with Crippen molar-refractivity contribution in [3.8, 4) is 0 Å². The Labute approximate surface area is 186 Å². The van der Waals surface area contributed by atoms with E-state index in [1.54, 1.807) is 16.7 Å². The van der Waals surface area contributed by atoms with Crippen LogP contribution in [0.25, 0.3) is 10.9 Å². The van der Waals surface area contributed by atoms with Gasteiger partial charge in [-0.05, 0) is 31.2 Å². The summed E-state index contributed by atoms with van der Waals surface area (Å²) in [5.41, 5.74) is 1.72. The standard InChI is InChI=1S/C24H26N4O2S/c1-3-13-28-23(30)20-11-7-8-12-21(20)25-24(28)31-18(2)22(29)27-16-14-26(15-17-27)19-9-5-4-6-10-19/h3-12,18H,1,13-17H2,2H3. The number of nitrogens with zero attached hydrogens (tertiary/aromatic N) is 4. The van der Waals surface area contributed by atoms with Crippen LogP contribution < -0.4 is 10.5 Å². The number of carbonyl (C=O) groups excluding carboxylic acids is 1. The Morgan fingerprint density at radius 3 is 2.48 bits per heavy atom. The number of thioether (sulfide) groups is 1. The molecule has 1 aromatic heterocycles. The number of rotatable bonds is 6. The monoisotopic (exact) mass is 434 g/mol. The summed E-state index contributed by atoms with van der Waals surface area (Å²) in [6.45, 7) is 8.99. The lowest BCUT2D eigenvalue weighted by Crippen LogP contribution is -2.50. The topological polar surface area (TPSA) is 58.4 Å². The molecule has 0 aliphatic carbocycles. The molecule has 1 aliphatic heterocycles. The van der Waals surface area contributed by atoms with E-state index in [9.17, 15) is 9.59 Å². The van der Waals surface area contributed by atoms with Crippen LogP contribution in [0.15, 0.2) is 77.2 Å². The highest BCUT2D eigenvalue weighted by Crippen LogP contribution is 2.25. The number of anilines is 1. The first-order valence-electron chi connectivity index (χ1n) is 10.4. The van der Waals surface area contributed by atoms with E-state index in [4.69, 9.17) is 0 Å². The summed E-state index contributed by atoms with van der Waals surface area (Å²) in [6, 6.07) is 17.6. The summed E-state index contributed by atoms with van der Waals surface area (Å²) in [5.74, 6) is 0.0743. The third kappa shape index (κ3) is 4.51. The number of hydrogen-bond donors (Lipinski definition) is 0. The minimum Gasteiger partial charge on any atom is -0.368 e. The zero-order chi connectivity index (χ0) is 21.8. The fourth-order valence-corrected chi connectivity index (χ4v) is 4.82. The van der Waals surface area contributed by atoms with E-state index in [1.807, 2.05) is 48.2 Å². The van der Waals surface area contributed by atoms with Crippen molar-refractivity contribution in [2.75, 3.05) is 31.1 Å². The van der Waals surface area contributed by atoms with Gasteiger partial charge >= 0.3 is 0 Å². The molecule has 1 saturated heterocycles. The lowest BCUT2D eigenvalue weighted by atomic mass is 10.2. The van der Waals surface area contributed by atoms with Crippen LogP contribution in [0.3, 0.4) is 0 Å². The first-order valence-corrected chi connectivity index (χ1v) is 11.3. The number of carbonyl (C=O) groups is 1. The number of fused-ring (bicyclic) bond motifs is 1. The van der Waals surface area contributed by atoms with Crippen molar-refractivity contribution in [2.45, 2.75) is 23.9 Å². The number of hydrogen-bond acceptors (Lipinski definition) is 5. The molecule has 3 aromatic rings. The van der Waals surface area contributed by atoms with E-state index in [1.165, 1.54) is 17.4 Å². The van der Waals surface area contributed by atoms with Crippen molar-refractivity contribution in [2.24, 2.45) is 0 Å². The minimum atomic E-state index is -0.340. The third-order valence-electron chi connectivity index (χ3n) is 5.48. The molecule has 0 radical (unpaired) electrons. The lowest BCUT2D eigenvalue weighted by Gasteiger charge is -2.37. The summed E-state index contributed by atoms with van der Waals surface area (Å²) >= 11 is 1.34. The van der Waals surface area contributed by atoms with E-state index in [2.05, 4.69) is 28.6 Å². The molecule has 2 aromatic carbocycles. The molecule has 7 heteroatoms. The first-order chi connectivity index (χ1) is 15.1. The van der Waals surface area contributed by atoms with Crippen LogP contribution >= 0.6 is 11.8 Å². The molecule has 1 amide bonds. The molecule has 6 nitrogen and oxygen atoms in total. The lowest BCUT2D eigenvalue weighted by molar-refractivity contribution is -0.130. The molecule has 4 rings (SSSR count). The maximum atomic E-state index is 13.1. The van der Waals surface area contributed by atoms with Gasteiger partial charge in [0.15, 0.2) is 5.16 Å². The largest absolute Gasteiger partial charge is 0.368 e. The summed E-state index contributed by atoms with van der Waals surface area (Å²) in [5, 5.41) is 0.782. The number of para-hydroxylation sites is 2. The SMILES string of the molecule is C=CCn1c(SC(C)C(=O)N2CCN(c3ccccc3)CC2)nc2ccccc2c1=O. The maximum absolute atomic E-state index is 13.1. The van der Waals surface area contributed by atoms with Crippen molar-refractivity contribution in [3.63, 3.8) is 0 Å². The van der Waals surface area contributed by atoms with Gasteiger partial charge in [-0.2, -0.15) is 0 Å². The van der Waals surface area contributed by atoms with Crippen LogP contribution in [0.5, 0.6) is 0 Å². The summed E-state index contributed by atoms with van der Waals surface area (Å²) in [6.07, 6.45) is 1.68.